The fourth-order valence-corrected chi connectivity index (χ4v) is 2.55. The molecule has 0 spiro atoms. The van der Waals surface area contributed by atoms with Gasteiger partial charge in [0, 0.05) is 11.8 Å². The Hall–Kier alpha value is 0.230. The summed E-state index contributed by atoms with van der Waals surface area (Å²) in [6.45, 7) is 0. The molecule has 1 heterocycles. The number of rotatable bonds is 0. The molecule has 0 unspecified atom stereocenters. The quantitative estimate of drug-likeness (QED) is 0.454. The van der Waals surface area contributed by atoms with Gasteiger partial charge in [0.25, 0.3) is 0 Å². The summed E-state index contributed by atoms with van der Waals surface area (Å²) in [5.74, 6) is 0.918. The van der Waals surface area contributed by atoms with Crippen molar-refractivity contribution in [1.82, 2.24) is 0 Å². The van der Waals surface area contributed by atoms with Crippen molar-refractivity contribution >= 4 is 10.6 Å². The molecule has 0 aromatic carbocycles. The van der Waals surface area contributed by atoms with Crippen LogP contribution in [0.2, 0.25) is 0 Å². The van der Waals surface area contributed by atoms with Crippen LogP contribution in [0.4, 0.5) is 0 Å². The van der Waals surface area contributed by atoms with Crippen LogP contribution < -0.4 is 5.73 Å². The molecule has 1 aliphatic rings. The van der Waals surface area contributed by atoms with Gasteiger partial charge < -0.3 is 5.73 Å². The van der Waals surface area contributed by atoms with Gasteiger partial charge in [0.2, 0.25) is 0 Å². The Morgan fingerprint density at radius 1 is 1.50 bits per heavy atom. The van der Waals surface area contributed by atoms with E-state index in [0.717, 1.165) is 6.42 Å². The van der Waals surface area contributed by atoms with Crippen molar-refractivity contribution in [3.63, 3.8) is 0 Å². The normalized spacial score (nSPS) is 39.6. The molecule has 8 heavy (non-hydrogen) atoms. The molecular weight excluding hydrogens is 126 g/mol. The van der Waals surface area contributed by atoms with Crippen molar-refractivity contribution in [2.75, 3.05) is 11.5 Å². The van der Waals surface area contributed by atoms with Gasteiger partial charge in [-0.3, -0.25) is 9.11 Å². The van der Waals surface area contributed by atoms with E-state index in [1.165, 1.54) is 0 Å². The lowest BCUT2D eigenvalue weighted by molar-refractivity contribution is 0.494. The van der Waals surface area contributed by atoms with Gasteiger partial charge in [0.1, 0.15) is 0 Å². The first kappa shape index (κ1) is 6.35. The lowest BCUT2D eigenvalue weighted by Gasteiger charge is -2.25. The lowest BCUT2D eigenvalue weighted by Crippen LogP contribution is -2.19. The number of hydrogen-bond acceptors (Lipinski definition) is 3. The fourth-order valence-electron chi connectivity index (χ4n) is 0.850. The predicted molar refractivity (Wildman–Crippen MR) is 35.2 cm³/mol. The average Bonchev–Trinajstić information content (AvgIpc) is 1.82. The summed E-state index contributed by atoms with van der Waals surface area (Å²) in [6, 6.07) is 0.0278. The summed E-state index contributed by atoms with van der Waals surface area (Å²) < 4.78 is 17.8. The minimum absolute atomic E-state index is 0.0278. The van der Waals surface area contributed by atoms with Crippen LogP contribution in [-0.2, 0) is 0 Å². The van der Waals surface area contributed by atoms with Crippen molar-refractivity contribution in [1.29, 1.82) is 0 Å². The Labute approximate surface area is 50.2 Å². The standard InChI is InChI=1S/C4H11NO2S/c5-4-1-2-8(6,7)3-4/h4,6-7H,1-3,5H2/t4-/m1/s1. The molecule has 1 saturated heterocycles. The van der Waals surface area contributed by atoms with Gasteiger partial charge in [-0.05, 0) is 6.42 Å². The summed E-state index contributed by atoms with van der Waals surface area (Å²) in [5.41, 5.74) is 5.41. The summed E-state index contributed by atoms with van der Waals surface area (Å²) in [7, 11) is -2.22. The molecule has 1 atom stereocenters. The smallest absolute Gasteiger partial charge is 0.0526 e. The van der Waals surface area contributed by atoms with E-state index < -0.39 is 10.6 Å². The predicted octanol–water partition coefficient (Wildman–Crippen LogP) is 0.468. The van der Waals surface area contributed by atoms with E-state index in [2.05, 4.69) is 0 Å². The first-order valence-corrected chi connectivity index (χ1v) is 4.48. The molecular formula is C4H11NO2S. The zero-order valence-electron chi connectivity index (χ0n) is 4.58. The molecule has 0 aliphatic carbocycles. The molecule has 0 saturated carbocycles. The largest absolute Gasteiger partial charge is 0.326 e. The highest BCUT2D eigenvalue weighted by atomic mass is 32.3. The average molecular weight is 137 g/mol. The van der Waals surface area contributed by atoms with Gasteiger partial charge in [-0.25, -0.2) is 0 Å². The molecule has 1 aliphatic heterocycles. The molecule has 0 aromatic rings. The highest BCUT2D eigenvalue weighted by Crippen LogP contribution is 2.44. The van der Waals surface area contributed by atoms with E-state index in [9.17, 15) is 0 Å². The maximum absolute atomic E-state index is 8.92. The summed E-state index contributed by atoms with van der Waals surface area (Å²) in [4.78, 5) is 0. The molecule has 3 nitrogen and oxygen atoms in total. The van der Waals surface area contributed by atoms with E-state index in [1.54, 1.807) is 0 Å². The first-order valence-electron chi connectivity index (χ1n) is 2.59. The fraction of sp³-hybridized carbons (Fsp3) is 1.00. The van der Waals surface area contributed by atoms with E-state index in [1.807, 2.05) is 0 Å². The highest BCUT2D eigenvalue weighted by molar-refractivity contribution is 8.24. The zero-order valence-corrected chi connectivity index (χ0v) is 5.40. The molecule has 0 bridgehead atoms. The molecule has 0 radical (unpaired) electrons. The van der Waals surface area contributed by atoms with Crippen molar-refractivity contribution < 1.29 is 9.11 Å². The summed E-state index contributed by atoms with van der Waals surface area (Å²) in [5, 5.41) is 0. The second-order valence-corrected chi connectivity index (χ2v) is 4.57. The van der Waals surface area contributed by atoms with Crippen molar-refractivity contribution in [2.45, 2.75) is 12.5 Å². The van der Waals surface area contributed by atoms with Gasteiger partial charge in [0.05, 0.1) is 5.75 Å². The molecule has 0 aromatic heterocycles. The van der Waals surface area contributed by atoms with Gasteiger partial charge in [0.15, 0.2) is 0 Å². The Bertz CT molecular complexity index is 96.0. The van der Waals surface area contributed by atoms with E-state index in [4.69, 9.17) is 14.8 Å². The minimum atomic E-state index is -2.22. The SMILES string of the molecule is N[C@@H]1CCS(O)(O)C1. The monoisotopic (exact) mass is 137 g/mol. The lowest BCUT2D eigenvalue weighted by atomic mass is 10.3. The maximum Gasteiger partial charge on any atom is 0.0526 e. The van der Waals surface area contributed by atoms with Crippen LogP contribution in [0.25, 0.3) is 0 Å². The maximum atomic E-state index is 8.92. The van der Waals surface area contributed by atoms with Gasteiger partial charge in [-0.1, -0.05) is 0 Å². The summed E-state index contributed by atoms with van der Waals surface area (Å²) in [6.07, 6.45) is 0.766. The van der Waals surface area contributed by atoms with E-state index >= 15 is 0 Å². The van der Waals surface area contributed by atoms with Crippen LogP contribution in [0.5, 0.6) is 0 Å². The topological polar surface area (TPSA) is 66.5 Å². The third kappa shape index (κ3) is 1.35. The van der Waals surface area contributed by atoms with Crippen LogP contribution in [0.15, 0.2) is 0 Å². The molecule has 4 N–H and O–H groups in total. The number of nitrogens with two attached hydrogens (primary N) is 1. The van der Waals surface area contributed by atoms with Gasteiger partial charge in [-0.15, -0.1) is 0 Å². The van der Waals surface area contributed by atoms with Crippen LogP contribution in [0.3, 0.4) is 0 Å². The van der Waals surface area contributed by atoms with E-state index in [0.29, 0.717) is 11.5 Å². The zero-order chi connectivity index (χ0) is 6.20. The second kappa shape index (κ2) is 1.88. The third-order valence-electron chi connectivity index (χ3n) is 1.30. The van der Waals surface area contributed by atoms with Crippen LogP contribution in [0.1, 0.15) is 6.42 Å². The molecule has 1 fully saturated rings. The molecule has 1 rings (SSSR count). The Morgan fingerprint density at radius 2 is 2.12 bits per heavy atom. The minimum Gasteiger partial charge on any atom is -0.326 e. The molecule has 4 heteroatoms. The van der Waals surface area contributed by atoms with Crippen LogP contribution in [0, 0.1) is 0 Å². The Morgan fingerprint density at radius 3 is 2.25 bits per heavy atom. The molecule has 0 amide bonds. The van der Waals surface area contributed by atoms with Crippen LogP contribution in [-0.4, -0.2) is 26.7 Å². The van der Waals surface area contributed by atoms with Gasteiger partial charge >= 0.3 is 0 Å². The third-order valence-corrected chi connectivity index (χ3v) is 3.15. The van der Waals surface area contributed by atoms with E-state index in [-0.39, 0.29) is 6.04 Å². The second-order valence-electron chi connectivity index (χ2n) is 2.22. The van der Waals surface area contributed by atoms with Crippen molar-refractivity contribution in [3.05, 3.63) is 0 Å². The van der Waals surface area contributed by atoms with Crippen molar-refractivity contribution in [2.24, 2.45) is 5.73 Å². The molecule has 50 valence electrons. The Balaban J connectivity index is 2.44. The van der Waals surface area contributed by atoms with Gasteiger partial charge in [-0.2, -0.15) is 10.6 Å². The first-order chi connectivity index (χ1) is 3.60. The number of hydrogen-bond donors (Lipinski definition) is 3. The van der Waals surface area contributed by atoms with Crippen LogP contribution >= 0.6 is 10.6 Å². The highest BCUT2D eigenvalue weighted by Gasteiger charge is 2.24. The summed E-state index contributed by atoms with van der Waals surface area (Å²) >= 11 is 0. The van der Waals surface area contributed by atoms with Crippen molar-refractivity contribution in [3.8, 4) is 0 Å². The Kier molecular flexibility index (Phi) is 1.49.